The zero-order chi connectivity index (χ0) is 24.5. The number of hydrogen-bond donors (Lipinski definition) is 2. The Kier molecular flexibility index (Phi) is 7.20. The van der Waals surface area contributed by atoms with E-state index >= 15 is 0 Å². The molecule has 4 rings (SSSR count). The number of Topliss-reactive ketones (excluding diaryl/α,β-unsaturated/α-hetero) is 1. The molecule has 182 valence electrons. The quantitative estimate of drug-likeness (QED) is 0.332. The lowest BCUT2D eigenvalue weighted by Crippen LogP contribution is -2.54. The van der Waals surface area contributed by atoms with Gasteiger partial charge >= 0.3 is 0 Å². The van der Waals surface area contributed by atoms with Crippen LogP contribution in [0.15, 0.2) is 43.0 Å². The summed E-state index contributed by atoms with van der Waals surface area (Å²) < 4.78 is 13.6. The third kappa shape index (κ3) is 4.20. The van der Waals surface area contributed by atoms with Gasteiger partial charge in [0.25, 0.3) is 0 Å². The number of anilines is 1. The van der Waals surface area contributed by atoms with Gasteiger partial charge in [-0.1, -0.05) is 30.3 Å². The second-order valence-corrected chi connectivity index (χ2v) is 10.8. The SMILES string of the molecule is CSC(SC)(C(=O)c1ccccc1)C(C)(C)O[C@H]1C[C@H](n2cnc3c(N)ncnc32)O[C@@H]1CO. The zero-order valence-electron chi connectivity index (χ0n) is 19.5. The Hall–Kier alpha value is -2.18. The van der Waals surface area contributed by atoms with Gasteiger partial charge in [-0.2, -0.15) is 0 Å². The molecule has 1 saturated heterocycles. The fourth-order valence-corrected chi connectivity index (χ4v) is 6.86. The molecule has 0 spiro atoms. The van der Waals surface area contributed by atoms with E-state index in [2.05, 4.69) is 15.0 Å². The van der Waals surface area contributed by atoms with Crippen LogP contribution in [0.3, 0.4) is 0 Å². The maximum Gasteiger partial charge on any atom is 0.191 e. The highest BCUT2D eigenvalue weighted by Gasteiger charge is 2.54. The second kappa shape index (κ2) is 9.82. The summed E-state index contributed by atoms with van der Waals surface area (Å²) in [7, 11) is 0. The number of ketones is 1. The smallest absolute Gasteiger partial charge is 0.191 e. The van der Waals surface area contributed by atoms with Crippen LogP contribution >= 0.6 is 23.5 Å². The number of ether oxygens (including phenoxy) is 2. The van der Waals surface area contributed by atoms with Crippen LogP contribution in [0.4, 0.5) is 5.82 Å². The molecule has 0 radical (unpaired) electrons. The van der Waals surface area contributed by atoms with Crippen molar-refractivity contribution in [2.75, 3.05) is 24.9 Å². The van der Waals surface area contributed by atoms with Gasteiger partial charge in [-0.25, -0.2) is 15.0 Å². The molecule has 1 fully saturated rings. The van der Waals surface area contributed by atoms with Crippen LogP contribution in [0.5, 0.6) is 0 Å². The van der Waals surface area contributed by atoms with Crippen molar-refractivity contribution in [3.05, 3.63) is 48.5 Å². The first-order chi connectivity index (χ1) is 16.3. The summed E-state index contributed by atoms with van der Waals surface area (Å²) in [6, 6.07) is 9.24. The van der Waals surface area contributed by atoms with Crippen molar-refractivity contribution in [1.82, 2.24) is 19.5 Å². The van der Waals surface area contributed by atoms with Gasteiger partial charge in [0.1, 0.15) is 24.2 Å². The monoisotopic (exact) mass is 503 g/mol. The van der Waals surface area contributed by atoms with Crippen molar-refractivity contribution < 1.29 is 19.4 Å². The second-order valence-electron chi connectivity index (χ2n) is 8.52. The lowest BCUT2D eigenvalue weighted by atomic mass is 9.94. The van der Waals surface area contributed by atoms with Crippen molar-refractivity contribution in [3.63, 3.8) is 0 Å². The maximum atomic E-state index is 13.7. The van der Waals surface area contributed by atoms with E-state index in [4.69, 9.17) is 15.2 Å². The van der Waals surface area contributed by atoms with E-state index in [0.29, 0.717) is 29.0 Å². The Morgan fingerprint density at radius 1 is 1.24 bits per heavy atom. The Bertz CT molecular complexity index is 1150. The third-order valence-corrected chi connectivity index (χ3v) is 9.71. The van der Waals surface area contributed by atoms with E-state index in [-0.39, 0.29) is 12.4 Å². The van der Waals surface area contributed by atoms with E-state index in [1.165, 1.54) is 29.9 Å². The standard InChI is InChI=1S/C23H29N5O4S2/c1-22(2,23(33-3,34-4)19(30)14-8-6-5-7-9-14)32-15-10-17(31-16(15)11-29)28-13-27-18-20(24)25-12-26-21(18)28/h5-9,12-13,15-17,29H,10-11H2,1-4H3,(H2,24,25,26)/t15-,16+,17+/m0/s1. The van der Waals surface area contributed by atoms with Crippen LogP contribution in [0.2, 0.25) is 0 Å². The molecule has 3 atom stereocenters. The number of nitrogens with two attached hydrogens (primary N) is 1. The van der Waals surface area contributed by atoms with Gasteiger partial charge < -0.3 is 20.3 Å². The lowest BCUT2D eigenvalue weighted by molar-refractivity contribution is -0.112. The Balaban J connectivity index is 1.61. The summed E-state index contributed by atoms with van der Waals surface area (Å²) in [5.41, 5.74) is 6.70. The normalized spacial score (nSPS) is 21.3. The summed E-state index contributed by atoms with van der Waals surface area (Å²) in [5.74, 6) is 0.278. The van der Waals surface area contributed by atoms with Gasteiger partial charge in [0, 0.05) is 12.0 Å². The summed E-state index contributed by atoms with van der Waals surface area (Å²) >= 11 is 2.92. The average molecular weight is 504 g/mol. The van der Waals surface area contributed by atoms with E-state index in [1.807, 2.05) is 56.7 Å². The molecule has 11 heteroatoms. The number of nitrogen functional groups attached to an aromatic ring is 1. The number of aromatic nitrogens is 4. The van der Waals surface area contributed by atoms with Gasteiger partial charge in [-0.3, -0.25) is 9.36 Å². The number of imidazole rings is 1. The number of benzene rings is 1. The molecule has 0 saturated carbocycles. The van der Waals surface area contributed by atoms with Crippen molar-refractivity contribution in [3.8, 4) is 0 Å². The minimum atomic E-state index is -0.907. The van der Waals surface area contributed by atoms with Crippen molar-refractivity contribution in [2.24, 2.45) is 0 Å². The van der Waals surface area contributed by atoms with Crippen LogP contribution in [0, 0.1) is 0 Å². The van der Waals surface area contributed by atoms with Gasteiger partial charge in [0.15, 0.2) is 21.3 Å². The Morgan fingerprint density at radius 3 is 2.59 bits per heavy atom. The fourth-order valence-electron chi connectivity index (χ4n) is 4.51. The molecule has 0 aliphatic carbocycles. The van der Waals surface area contributed by atoms with E-state index in [0.717, 1.165) is 0 Å². The minimum Gasteiger partial charge on any atom is -0.394 e. The number of aliphatic hydroxyl groups excluding tert-OH is 1. The number of nitrogens with zero attached hydrogens (tertiary/aromatic N) is 4. The molecule has 3 N–H and O–H groups in total. The molecular formula is C23H29N5O4S2. The van der Waals surface area contributed by atoms with E-state index in [9.17, 15) is 9.90 Å². The van der Waals surface area contributed by atoms with Gasteiger partial charge in [0.2, 0.25) is 0 Å². The number of rotatable bonds is 9. The van der Waals surface area contributed by atoms with Crippen molar-refractivity contribution in [2.45, 2.75) is 48.4 Å². The molecular weight excluding hydrogens is 474 g/mol. The summed E-state index contributed by atoms with van der Waals surface area (Å²) in [6.45, 7) is 3.62. The van der Waals surface area contributed by atoms with Crippen LogP contribution in [-0.2, 0) is 9.47 Å². The molecule has 3 heterocycles. The fraction of sp³-hybridized carbons (Fsp3) is 0.478. The van der Waals surface area contributed by atoms with Crippen LogP contribution in [0.1, 0.15) is 36.9 Å². The summed E-state index contributed by atoms with van der Waals surface area (Å²) in [5, 5.41) is 10.1. The molecule has 34 heavy (non-hydrogen) atoms. The van der Waals surface area contributed by atoms with E-state index in [1.54, 1.807) is 10.9 Å². The molecule has 9 nitrogen and oxygen atoms in total. The molecule has 2 aromatic heterocycles. The number of carbonyl (C=O) groups is 1. The predicted molar refractivity (Wildman–Crippen MR) is 135 cm³/mol. The first-order valence-corrected chi connectivity index (χ1v) is 13.3. The topological polar surface area (TPSA) is 125 Å². The number of carbonyl (C=O) groups excluding carboxylic acids is 1. The first kappa shape index (κ1) is 24.9. The maximum absolute atomic E-state index is 13.7. The number of hydrogen-bond acceptors (Lipinski definition) is 10. The first-order valence-electron chi connectivity index (χ1n) is 10.8. The van der Waals surface area contributed by atoms with E-state index < -0.39 is 28.1 Å². The highest BCUT2D eigenvalue weighted by Crippen LogP contribution is 2.49. The molecule has 1 aliphatic rings. The van der Waals surface area contributed by atoms with Crippen LogP contribution < -0.4 is 5.73 Å². The van der Waals surface area contributed by atoms with Crippen LogP contribution in [-0.4, -0.2) is 71.4 Å². The Morgan fingerprint density at radius 2 is 1.94 bits per heavy atom. The number of fused-ring (bicyclic) bond motifs is 1. The van der Waals surface area contributed by atoms with Crippen molar-refractivity contribution in [1.29, 1.82) is 0 Å². The van der Waals surface area contributed by atoms with Gasteiger partial charge in [-0.15, -0.1) is 23.5 Å². The molecule has 0 bridgehead atoms. The molecule has 1 aliphatic heterocycles. The summed E-state index contributed by atoms with van der Waals surface area (Å²) in [4.78, 5) is 26.3. The number of aliphatic hydroxyl groups is 1. The third-order valence-electron chi connectivity index (χ3n) is 6.21. The zero-order valence-corrected chi connectivity index (χ0v) is 21.2. The predicted octanol–water partition coefficient (Wildman–Crippen LogP) is 3.16. The minimum absolute atomic E-state index is 0.0121. The Labute approximate surface area is 206 Å². The largest absolute Gasteiger partial charge is 0.394 e. The summed E-state index contributed by atoms with van der Waals surface area (Å²) in [6.07, 6.45) is 5.78. The number of thioether (sulfide) groups is 2. The van der Waals surface area contributed by atoms with Crippen LogP contribution in [0.25, 0.3) is 11.2 Å². The molecule has 3 aromatic rings. The molecule has 0 unspecified atom stereocenters. The highest BCUT2D eigenvalue weighted by atomic mass is 32.2. The van der Waals surface area contributed by atoms with Gasteiger partial charge in [-0.05, 0) is 26.4 Å². The molecule has 0 amide bonds. The van der Waals surface area contributed by atoms with Gasteiger partial charge in [0.05, 0.1) is 24.6 Å². The highest BCUT2D eigenvalue weighted by molar-refractivity contribution is 8.19. The molecule has 1 aromatic carbocycles. The lowest BCUT2D eigenvalue weighted by Gasteiger charge is -2.44. The average Bonchev–Trinajstić information content (AvgIpc) is 3.44. The van der Waals surface area contributed by atoms with Crippen molar-refractivity contribution >= 4 is 46.3 Å².